The van der Waals surface area contributed by atoms with Gasteiger partial charge in [-0.05, 0) is 31.2 Å². The van der Waals surface area contributed by atoms with E-state index in [0.717, 1.165) is 38.5 Å². The van der Waals surface area contributed by atoms with E-state index in [1.165, 1.54) is 64.2 Å². The quantitative estimate of drug-likeness (QED) is 0.0224. The molecule has 0 N–H and O–H groups in total. The molecule has 0 aliphatic rings. The monoisotopic (exact) mass is 514 g/mol. The van der Waals surface area contributed by atoms with Gasteiger partial charge in [-0.15, -0.1) is 8.73 Å². The van der Waals surface area contributed by atoms with Crippen LogP contribution in [0.25, 0.3) is 10.4 Å². The van der Waals surface area contributed by atoms with Crippen molar-refractivity contribution in [1.82, 2.24) is 0 Å². The Morgan fingerprint density at radius 3 is 2.06 bits per heavy atom. The third-order valence-corrected chi connectivity index (χ3v) is 7.11. The van der Waals surface area contributed by atoms with Gasteiger partial charge >= 0.3 is 5.97 Å². The number of unbranched alkanes of at least 4 members (excludes halogenated alkanes) is 14. The summed E-state index contributed by atoms with van der Waals surface area (Å²) in [6.07, 6.45) is 19.6. The summed E-state index contributed by atoms with van der Waals surface area (Å²) in [7, 11) is 2.00. The van der Waals surface area contributed by atoms with Crippen LogP contribution in [0.4, 0.5) is 0 Å². The zero-order valence-corrected chi connectivity index (χ0v) is 23.9. The van der Waals surface area contributed by atoms with Gasteiger partial charge in [0.2, 0.25) is 0 Å². The largest absolute Gasteiger partial charge is 0.462 e. The minimum absolute atomic E-state index is 0.130. The molecular formula is C25H51BN3O3PSi. The first-order valence-corrected chi connectivity index (χ1v) is 16.7. The van der Waals surface area contributed by atoms with Crippen LogP contribution in [-0.4, -0.2) is 43.2 Å². The standard InChI is InChI=1S/C25H51BN3O3PSi/c1-3-5-7-9-11-13-15-17-19-24(23(28-29-27)21-22-31-34(26)33)32-25(30)20-18-16-14-12-10-8-6-4-2/h23-24,34H,3-22,33H2,1-2H3/t23-,24?,34?/m0/s1/i33T,34D/t23-,24?,33?,34?. The van der Waals surface area contributed by atoms with Gasteiger partial charge in [0, 0.05) is 19.2 Å². The zero-order valence-electron chi connectivity index (χ0n) is 23.9. The lowest BCUT2D eigenvalue weighted by Gasteiger charge is -2.24. The van der Waals surface area contributed by atoms with Gasteiger partial charge in [0.15, 0.2) is 0 Å². The van der Waals surface area contributed by atoms with Crippen molar-refractivity contribution < 1.29 is 14.0 Å². The molecule has 0 fully saturated rings. The highest BCUT2D eigenvalue weighted by molar-refractivity contribution is 7.70. The fraction of sp³-hybridized carbons (Fsp3) is 0.960. The van der Waals surface area contributed by atoms with Crippen LogP contribution in [0.2, 0.25) is 0 Å². The van der Waals surface area contributed by atoms with Crippen LogP contribution in [-0.2, 0) is 14.0 Å². The molecule has 0 spiro atoms. The van der Waals surface area contributed by atoms with Gasteiger partial charge in [-0.3, -0.25) is 4.79 Å². The fourth-order valence-electron chi connectivity index (χ4n) is 4.11. The molecule has 0 aliphatic carbocycles. The summed E-state index contributed by atoms with van der Waals surface area (Å²) >= 11 is 0. The van der Waals surface area contributed by atoms with E-state index in [2.05, 4.69) is 23.9 Å². The molecule has 34 heavy (non-hydrogen) atoms. The molecule has 0 saturated carbocycles. The first-order valence-electron chi connectivity index (χ1n) is 14.8. The Morgan fingerprint density at radius 1 is 1.00 bits per heavy atom. The molecule has 0 aliphatic heterocycles. The Morgan fingerprint density at radius 2 is 1.53 bits per heavy atom. The van der Waals surface area contributed by atoms with Crippen molar-refractivity contribution in [2.75, 3.05) is 6.61 Å². The lowest BCUT2D eigenvalue weighted by atomic mass is 10.0. The average Bonchev–Trinajstić information content (AvgIpc) is 2.86. The summed E-state index contributed by atoms with van der Waals surface area (Å²) in [4.78, 5) is 15.6. The molecule has 6 nitrogen and oxygen atoms in total. The highest BCUT2D eigenvalue weighted by Crippen LogP contribution is 2.20. The number of carbonyl (C=O) groups is 1. The van der Waals surface area contributed by atoms with Crippen molar-refractivity contribution in [2.45, 2.75) is 148 Å². The smallest absolute Gasteiger partial charge is 0.306 e. The number of hydrogen-bond donors (Lipinski definition) is 0. The molecule has 4 atom stereocenters. The number of ether oxygens (including phenoxy) is 1. The maximum absolute atomic E-state index is 12.6. The number of hydrogen-bond acceptors (Lipinski definition) is 4. The van der Waals surface area contributed by atoms with E-state index in [4.69, 9.17) is 24.6 Å². The van der Waals surface area contributed by atoms with Crippen LogP contribution in [0.15, 0.2) is 5.11 Å². The Bertz CT molecular complexity index is 591. The van der Waals surface area contributed by atoms with Crippen LogP contribution in [0, 0.1) is 0 Å². The van der Waals surface area contributed by atoms with E-state index < -0.39 is 29.4 Å². The van der Waals surface area contributed by atoms with E-state index in [9.17, 15) is 4.79 Å². The first-order chi connectivity index (χ1) is 17.4. The number of carbonyl (C=O) groups excluding carboxylic acids is 1. The summed E-state index contributed by atoms with van der Waals surface area (Å²) in [5.41, 5.74) is 9.11. The van der Waals surface area contributed by atoms with Gasteiger partial charge in [-0.25, -0.2) is 0 Å². The summed E-state index contributed by atoms with van der Waals surface area (Å²) in [6.45, 7) is 4.56. The maximum atomic E-state index is 12.6. The van der Waals surface area contributed by atoms with E-state index in [1.807, 2.05) is 0 Å². The molecule has 0 aromatic heterocycles. The van der Waals surface area contributed by atoms with Gasteiger partial charge < -0.3 is 9.16 Å². The Kier molecular flexibility index (Phi) is 22.3. The second-order valence-electron chi connectivity index (χ2n) is 9.29. The Balaban J connectivity index is 4.67. The molecule has 3 unspecified atom stereocenters. The molecule has 0 rings (SSSR count). The van der Waals surface area contributed by atoms with Gasteiger partial charge in [0.05, 0.1) is 14.8 Å². The van der Waals surface area contributed by atoms with Crippen LogP contribution in [0.5, 0.6) is 0 Å². The minimum Gasteiger partial charge on any atom is -0.462 e. The molecule has 9 heteroatoms. The molecular weight excluding hydrogens is 460 g/mol. The van der Waals surface area contributed by atoms with Crippen molar-refractivity contribution in [2.24, 2.45) is 5.11 Å². The second kappa shape index (κ2) is 25.5. The molecule has 196 valence electrons. The van der Waals surface area contributed by atoms with Crippen LogP contribution in [0.1, 0.15) is 136 Å². The fourth-order valence-corrected chi connectivity index (χ4v) is 4.76. The van der Waals surface area contributed by atoms with Crippen molar-refractivity contribution in [3.8, 4) is 0 Å². The van der Waals surface area contributed by atoms with Gasteiger partial charge in [-0.2, -0.15) is 0 Å². The highest BCUT2D eigenvalue weighted by atomic mass is 31.3. The van der Waals surface area contributed by atoms with E-state index in [0.29, 0.717) is 19.3 Å². The molecule has 0 amide bonds. The number of rotatable bonds is 26. The average molecular weight is 515 g/mol. The summed E-state index contributed by atoms with van der Waals surface area (Å²) in [5.74, 6) is -0.236. The van der Waals surface area contributed by atoms with Crippen molar-refractivity contribution >= 4 is 30.7 Å². The molecule has 2 radical (unpaired) electrons. The summed E-state index contributed by atoms with van der Waals surface area (Å²) in [6, 6.07) is -0.555. The zero-order chi connectivity index (χ0) is 26.9. The molecule has 0 aromatic carbocycles. The minimum atomic E-state index is -3.22. The topological polar surface area (TPSA) is 84.3 Å². The van der Waals surface area contributed by atoms with Crippen LogP contribution < -0.4 is 0 Å². The predicted molar refractivity (Wildman–Crippen MR) is 150 cm³/mol. The predicted octanol–water partition coefficient (Wildman–Crippen LogP) is 7.81. The molecule has 0 aromatic rings. The second-order valence-corrected chi connectivity index (χ2v) is 11.8. The normalized spacial score (nSPS) is 15.8. The summed E-state index contributed by atoms with van der Waals surface area (Å²) < 4.78 is 26.5. The Labute approximate surface area is 217 Å². The van der Waals surface area contributed by atoms with E-state index >= 15 is 0 Å². The lowest BCUT2D eigenvalue weighted by molar-refractivity contribution is -0.150. The first kappa shape index (κ1) is 29.7. The third-order valence-electron chi connectivity index (χ3n) is 6.16. The van der Waals surface area contributed by atoms with Gasteiger partial charge in [0.1, 0.15) is 14.6 Å². The molecule has 0 heterocycles. The van der Waals surface area contributed by atoms with Gasteiger partial charge in [0.25, 0.3) is 0 Å². The third kappa shape index (κ3) is 21.9. The maximum Gasteiger partial charge on any atom is 0.306 e. The van der Waals surface area contributed by atoms with Crippen LogP contribution in [0.3, 0.4) is 0 Å². The van der Waals surface area contributed by atoms with Crippen LogP contribution >= 0.6 is 8.73 Å². The number of nitrogens with zero attached hydrogens (tertiary/aromatic N) is 3. The van der Waals surface area contributed by atoms with Gasteiger partial charge in [-0.1, -0.05) is 109 Å². The number of azide groups is 1. The Hall–Kier alpha value is -0.548. The highest BCUT2D eigenvalue weighted by Gasteiger charge is 2.24. The van der Waals surface area contributed by atoms with Crippen molar-refractivity contribution in [1.29, 1.82) is 2.51 Å². The van der Waals surface area contributed by atoms with Crippen molar-refractivity contribution in [3.63, 3.8) is 0 Å². The van der Waals surface area contributed by atoms with E-state index in [1.54, 1.807) is 0 Å². The summed E-state index contributed by atoms with van der Waals surface area (Å²) in [5, 5.41) is 3.91. The van der Waals surface area contributed by atoms with E-state index in [-0.39, 0.29) is 12.6 Å². The number of esters is 1. The molecule has 0 bridgehead atoms. The molecule has 0 saturated heterocycles. The lowest BCUT2D eigenvalue weighted by Crippen LogP contribution is -2.31. The van der Waals surface area contributed by atoms with Crippen molar-refractivity contribution in [3.05, 3.63) is 10.4 Å². The SMILES string of the molecule is [2H][Si]([B])(OCC[C@H](N=[N+]=[N-])C(CCCCCCCCCC)OC(=O)CCCCCCCCCC)P[3H].